The van der Waals surface area contributed by atoms with Gasteiger partial charge in [0.1, 0.15) is 28.2 Å². The number of allylic oxidation sites excluding steroid dienone is 1. The number of alkyl halides is 1. The van der Waals surface area contributed by atoms with Crippen LogP contribution in [0.4, 0.5) is 5.13 Å². The maximum absolute atomic E-state index is 14.4. The van der Waals surface area contributed by atoms with E-state index >= 15 is 0 Å². The van der Waals surface area contributed by atoms with Crippen LogP contribution in [0.5, 0.6) is 0 Å². The largest absolute Gasteiger partial charge is 0.481 e. The van der Waals surface area contributed by atoms with Gasteiger partial charge in [0.2, 0.25) is 5.60 Å². The Kier molecular flexibility index (Phi) is 12.8. The number of amides is 2. The average Bonchev–Trinajstić information content (AvgIpc) is 3.66. The summed E-state index contributed by atoms with van der Waals surface area (Å²) in [6, 6.07) is 29.0. The summed E-state index contributed by atoms with van der Waals surface area (Å²) in [5, 5.41) is 22.8. The van der Waals surface area contributed by atoms with Crippen molar-refractivity contribution in [3.63, 3.8) is 0 Å². The highest BCUT2D eigenvalue weighted by Crippen LogP contribution is 2.45. The molecule has 3 heterocycles. The second kappa shape index (κ2) is 17.3. The van der Waals surface area contributed by atoms with Crippen LogP contribution in [0.25, 0.3) is 0 Å². The second-order valence-electron chi connectivity index (χ2n) is 16.5. The summed E-state index contributed by atoms with van der Waals surface area (Å²) in [4.78, 5) is 65.8. The van der Waals surface area contributed by atoms with Gasteiger partial charge in [-0.15, -0.1) is 23.1 Å². The summed E-state index contributed by atoms with van der Waals surface area (Å²) < 4.78 is 5.57. The lowest BCUT2D eigenvalue weighted by Crippen LogP contribution is -2.70. The third-order valence-electron chi connectivity index (χ3n) is 9.94. The van der Waals surface area contributed by atoms with Crippen LogP contribution in [0.15, 0.2) is 113 Å². The number of thioether (sulfide) groups is 1. The van der Waals surface area contributed by atoms with Gasteiger partial charge in [-0.25, -0.2) is 9.78 Å². The number of fused-ring (bicyclic) bond motifs is 1. The molecule has 0 bridgehead atoms. The van der Waals surface area contributed by atoms with Crippen LogP contribution in [0.2, 0.25) is 0 Å². The number of β-lactam (4-membered cyclic amide) rings is 1. The number of oxime groups is 1. The first-order valence-electron chi connectivity index (χ1n) is 19.0. The molecule has 2 aliphatic heterocycles. The first-order chi connectivity index (χ1) is 27.9. The van der Waals surface area contributed by atoms with Crippen LogP contribution in [-0.2, 0) is 34.3 Å². The van der Waals surface area contributed by atoms with Gasteiger partial charge in [-0.1, -0.05) is 112 Å². The Labute approximate surface area is 361 Å². The fourth-order valence-electron chi connectivity index (χ4n) is 6.71. The third kappa shape index (κ3) is 9.27. The number of carbonyl (C=O) groups excluding carboxylic acids is 3. The lowest BCUT2D eigenvalue weighted by Gasteiger charge is -2.51. The fourth-order valence-corrected chi connectivity index (χ4v) is 9.64. The van der Waals surface area contributed by atoms with E-state index in [9.17, 15) is 24.3 Å². The number of ether oxygens (including phenoxy) is 1. The zero-order chi connectivity index (χ0) is 42.8. The maximum atomic E-state index is 14.4. The number of esters is 1. The Morgan fingerprint density at radius 2 is 1.44 bits per heavy atom. The Hall–Kier alpha value is -4.99. The average molecular weight is 903 g/mol. The van der Waals surface area contributed by atoms with Gasteiger partial charge >= 0.3 is 11.9 Å². The van der Waals surface area contributed by atoms with Gasteiger partial charge < -0.3 is 25.3 Å². The predicted molar refractivity (Wildman–Crippen MR) is 234 cm³/mol. The van der Waals surface area contributed by atoms with Gasteiger partial charge in [0, 0.05) is 28.6 Å². The number of carboxylic acids is 1. The van der Waals surface area contributed by atoms with Gasteiger partial charge in [-0.3, -0.25) is 19.3 Å². The van der Waals surface area contributed by atoms with E-state index in [0.717, 1.165) is 22.3 Å². The Balaban J connectivity index is 1.36. The zero-order valence-electron chi connectivity index (χ0n) is 33.9. The van der Waals surface area contributed by atoms with E-state index in [-0.39, 0.29) is 23.7 Å². The minimum Gasteiger partial charge on any atom is -0.481 e. The highest BCUT2D eigenvalue weighted by atomic mass is 79.9. The Morgan fingerprint density at radius 3 is 1.93 bits per heavy atom. The predicted octanol–water partition coefficient (Wildman–Crippen LogP) is 7.94. The molecule has 2 amide bonds. The zero-order valence-corrected chi connectivity index (χ0v) is 37.2. The van der Waals surface area contributed by atoms with E-state index in [1.165, 1.54) is 36.9 Å². The lowest BCUT2D eigenvalue weighted by molar-refractivity contribution is -0.179. The van der Waals surface area contributed by atoms with E-state index in [1.54, 1.807) is 44.9 Å². The number of hydrogen-bond donors (Lipinski definition) is 3. The maximum Gasteiger partial charge on any atom is 0.353 e. The van der Waals surface area contributed by atoms with Gasteiger partial charge in [0.05, 0.1) is 5.41 Å². The van der Waals surface area contributed by atoms with Crippen molar-refractivity contribution in [3.8, 4) is 0 Å². The van der Waals surface area contributed by atoms with Crippen molar-refractivity contribution in [3.05, 3.63) is 130 Å². The molecule has 6 rings (SSSR count). The molecule has 0 spiro atoms. The Morgan fingerprint density at radius 1 is 0.898 bits per heavy atom. The van der Waals surface area contributed by atoms with Crippen molar-refractivity contribution in [1.29, 1.82) is 0 Å². The highest BCUT2D eigenvalue weighted by Gasteiger charge is 2.54. The van der Waals surface area contributed by atoms with Gasteiger partial charge in [-0.05, 0) is 70.7 Å². The van der Waals surface area contributed by atoms with E-state index in [2.05, 4.69) is 31.7 Å². The summed E-state index contributed by atoms with van der Waals surface area (Å²) in [6.45, 7) is 11.4. The molecule has 1 unspecified atom stereocenters. The van der Waals surface area contributed by atoms with Gasteiger partial charge in [0.25, 0.3) is 11.8 Å². The van der Waals surface area contributed by atoms with E-state index in [0.29, 0.717) is 21.9 Å². The van der Waals surface area contributed by atoms with Crippen molar-refractivity contribution in [2.45, 2.75) is 83.0 Å². The van der Waals surface area contributed by atoms with Crippen LogP contribution in [-0.4, -0.2) is 78.2 Å². The van der Waals surface area contributed by atoms with Crippen LogP contribution in [0, 0.1) is 5.41 Å². The van der Waals surface area contributed by atoms with Crippen molar-refractivity contribution in [1.82, 2.24) is 15.2 Å². The molecule has 1 aromatic heterocycles. The number of carbonyl (C=O) groups is 4. The first kappa shape index (κ1) is 43.6. The summed E-state index contributed by atoms with van der Waals surface area (Å²) in [5.74, 6) is -2.25. The molecular formula is C44H48BrN5O7S2. The number of rotatable bonds is 15. The number of anilines is 1. The van der Waals surface area contributed by atoms with Crippen molar-refractivity contribution < 1.29 is 33.9 Å². The first-order valence-corrected chi connectivity index (χ1v) is 22.1. The Bertz CT molecular complexity index is 2160. The van der Waals surface area contributed by atoms with Crippen LogP contribution in [0.3, 0.4) is 0 Å². The van der Waals surface area contributed by atoms with Crippen LogP contribution >= 0.6 is 39.0 Å². The van der Waals surface area contributed by atoms with Gasteiger partial charge in [0.15, 0.2) is 10.8 Å². The minimum absolute atomic E-state index is 0.137. The summed E-state index contributed by atoms with van der Waals surface area (Å²) >= 11 is 6.24. The van der Waals surface area contributed by atoms with Crippen molar-refractivity contribution >= 4 is 73.6 Å². The smallest absolute Gasteiger partial charge is 0.353 e. The van der Waals surface area contributed by atoms with E-state index in [1.807, 2.05) is 91.0 Å². The molecule has 3 N–H and O–H groups in total. The standard InChI is InChI=1S/C44H48BrN5O7S2/c1-41(2,3)56-39(55)43(6,7)57-49-33(35(51)47-34-36(52)50-32(23-42(4,5)38(53)54)27(24-45)25-58-37(34)50)31-26-59-40(46-31)48-44(28-17-11-8-12-18-28,29-19-13-9-14-20-29)30-21-15-10-16-22-30/h8-22,26,34,37H,23-25H2,1-7H3,(H,46,48)(H,47,51)(H,53,54)/t34?,37-/m0/s1. The number of hydrogen-bond acceptors (Lipinski definition) is 11. The van der Waals surface area contributed by atoms with Crippen LogP contribution < -0.4 is 10.6 Å². The van der Waals surface area contributed by atoms with E-state index < -0.39 is 51.4 Å². The quantitative estimate of drug-likeness (QED) is 0.0267. The molecule has 59 heavy (non-hydrogen) atoms. The SMILES string of the molecule is CC(C)(C)OC(=O)C(C)(C)ON=C(C(=O)NC1C(=O)N2C(CC(C)(C)C(=O)O)=C(CBr)CS[C@@H]12)c1csc(NC(c2ccccc2)(c2ccccc2)c2ccccc2)n1. The topological polar surface area (TPSA) is 160 Å². The number of aliphatic carboxylic acids is 1. The number of thiazole rings is 1. The molecule has 1 fully saturated rings. The molecule has 0 saturated carbocycles. The molecule has 2 atom stereocenters. The highest BCUT2D eigenvalue weighted by molar-refractivity contribution is 9.09. The summed E-state index contributed by atoms with van der Waals surface area (Å²) in [5.41, 5.74) is -0.176. The normalized spacial score (nSPS) is 17.5. The molecule has 12 nitrogen and oxygen atoms in total. The van der Waals surface area contributed by atoms with Crippen molar-refractivity contribution in [2.75, 3.05) is 16.4 Å². The monoisotopic (exact) mass is 901 g/mol. The number of benzene rings is 3. The molecule has 0 aliphatic carbocycles. The number of nitrogens with one attached hydrogen (secondary N) is 2. The van der Waals surface area contributed by atoms with Crippen LogP contribution in [0.1, 0.15) is 77.3 Å². The molecule has 0 radical (unpaired) electrons. The number of halogens is 1. The number of carboxylic acid groups (broad SMARTS) is 1. The molecule has 15 heteroatoms. The minimum atomic E-state index is -1.61. The second-order valence-corrected chi connectivity index (χ2v) is 19.0. The number of nitrogens with zero attached hydrogens (tertiary/aromatic N) is 3. The number of aromatic nitrogens is 1. The third-order valence-corrected chi connectivity index (χ3v) is 12.7. The molecule has 4 aromatic rings. The molecule has 2 aliphatic rings. The summed E-state index contributed by atoms with van der Waals surface area (Å²) in [7, 11) is 0. The fraction of sp³-hybridized carbons (Fsp3) is 0.364. The summed E-state index contributed by atoms with van der Waals surface area (Å²) in [6.07, 6.45) is 0.137. The van der Waals surface area contributed by atoms with E-state index in [4.69, 9.17) is 14.6 Å². The van der Waals surface area contributed by atoms with Gasteiger partial charge in [-0.2, -0.15) is 0 Å². The molecular weight excluding hydrogens is 855 g/mol. The lowest BCUT2D eigenvalue weighted by atomic mass is 9.77. The molecule has 310 valence electrons. The molecule has 1 saturated heterocycles. The molecule has 3 aromatic carbocycles. The van der Waals surface area contributed by atoms with Crippen molar-refractivity contribution in [2.24, 2.45) is 10.6 Å².